The van der Waals surface area contributed by atoms with Gasteiger partial charge in [0.2, 0.25) is 0 Å². The van der Waals surface area contributed by atoms with Gasteiger partial charge in [0.15, 0.2) is 0 Å². The summed E-state index contributed by atoms with van der Waals surface area (Å²) in [4.78, 5) is 2.29. The monoisotopic (exact) mass is 248 g/mol. The predicted octanol–water partition coefficient (Wildman–Crippen LogP) is 2.10. The number of hydrogen-bond donors (Lipinski definition) is 1. The van der Waals surface area contributed by atoms with Crippen molar-refractivity contribution in [2.75, 3.05) is 31.7 Å². The minimum absolute atomic E-state index is 0.0477. The molecule has 0 bridgehead atoms. The van der Waals surface area contributed by atoms with Crippen LogP contribution in [-0.4, -0.2) is 32.8 Å². The van der Waals surface area contributed by atoms with Gasteiger partial charge in [-0.05, 0) is 25.5 Å². The summed E-state index contributed by atoms with van der Waals surface area (Å²) in [5.41, 5.74) is 10.1. The average Bonchev–Trinajstić information content (AvgIpc) is 2.58. The van der Waals surface area contributed by atoms with Gasteiger partial charge in [-0.1, -0.05) is 24.6 Å². The van der Waals surface area contributed by atoms with Gasteiger partial charge in [-0.25, -0.2) is 0 Å². The molecule has 0 radical (unpaired) electrons. The Morgan fingerprint density at radius 3 is 2.72 bits per heavy atom. The highest BCUT2D eigenvalue weighted by atomic mass is 16.5. The molecule has 2 unspecified atom stereocenters. The third kappa shape index (κ3) is 2.52. The van der Waals surface area contributed by atoms with Crippen LogP contribution in [0.15, 0.2) is 18.2 Å². The van der Waals surface area contributed by atoms with Gasteiger partial charge in [0.05, 0.1) is 13.2 Å². The highest BCUT2D eigenvalue weighted by Crippen LogP contribution is 2.30. The summed E-state index contributed by atoms with van der Waals surface area (Å²) in [6, 6.07) is 6.70. The minimum Gasteiger partial charge on any atom is -0.379 e. The fourth-order valence-corrected chi connectivity index (χ4v) is 2.75. The lowest BCUT2D eigenvalue weighted by molar-refractivity contribution is 0.162. The Balaban J connectivity index is 2.14. The molecule has 1 aromatic rings. The summed E-state index contributed by atoms with van der Waals surface area (Å²) in [7, 11) is 2.13. The van der Waals surface area contributed by atoms with E-state index in [0.717, 1.165) is 13.2 Å². The number of rotatable bonds is 3. The van der Waals surface area contributed by atoms with Crippen molar-refractivity contribution < 1.29 is 4.74 Å². The summed E-state index contributed by atoms with van der Waals surface area (Å²) in [5, 5.41) is 0. The molecule has 2 N–H and O–H groups in total. The maximum absolute atomic E-state index is 6.15. The first kappa shape index (κ1) is 13.4. The topological polar surface area (TPSA) is 38.5 Å². The van der Waals surface area contributed by atoms with Crippen molar-refractivity contribution >= 4 is 5.69 Å². The fraction of sp³-hybridized carbons (Fsp3) is 0.600. The van der Waals surface area contributed by atoms with Crippen LogP contribution in [0, 0.1) is 19.3 Å². The molecule has 1 aliphatic rings. The Hall–Kier alpha value is -1.06. The van der Waals surface area contributed by atoms with Crippen LogP contribution in [0.5, 0.6) is 0 Å². The van der Waals surface area contributed by atoms with Gasteiger partial charge in [-0.3, -0.25) is 0 Å². The maximum atomic E-state index is 6.15. The lowest BCUT2D eigenvalue weighted by Crippen LogP contribution is -2.46. The molecule has 0 amide bonds. The first-order valence-corrected chi connectivity index (χ1v) is 6.54. The third-order valence-corrected chi connectivity index (χ3v) is 3.99. The van der Waals surface area contributed by atoms with Crippen molar-refractivity contribution in [1.82, 2.24) is 0 Å². The van der Waals surface area contributed by atoms with E-state index in [-0.39, 0.29) is 11.5 Å². The molecule has 1 aliphatic heterocycles. The van der Waals surface area contributed by atoms with Crippen molar-refractivity contribution in [2.45, 2.75) is 26.8 Å². The molecule has 1 fully saturated rings. The van der Waals surface area contributed by atoms with Crippen LogP contribution in [-0.2, 0) is 4.74 Å². The van der Waals surface area contributed by atoms with Crippen molar-refractivity contribution in [3.05, 3.63) is 29.3 Å². The molecule has 1 heterocycles. The van der Waals surface area contributed by atoms with Crippen LogP contribution >= 0.6 is 0 Å². The van der Waals surface area contributed by atoms with Crippen LogP contribution in [0.3, 0.4) is 0 Å². The van der Waals surface area contributed by atoms with Crippen molar-refractivity contribution in [3.8, 4) is 0 Å². The Bertz CT molecular complexity index is 433. The molecular weight excluding hydrogens is 224 g/mol. The number of ether oxygens (including phenoxy) is 1. The minimum atomic E-state index is 0.0477. The quantitative estimate of drug-likeness (QED) is 0.890. The largest absolute Gasteiger partial charge is 0.379 e. The number of nitrogens with zero attached hydrogens (tertiary/aromatic N) is 1. The standard InChI is InChI=1S/C15H24N2O/c1-11-5-6-13(12(2)7-11)17(4)9-15(3)10-18-8-14(15)16/h5-7,14H,8-10,16H2,1-4H3. The van der Waals surface area contributed by atoms with E-state index < -0.39 is 0 Å². The molecule has 0 aliphatic carbocycles. The van der Waals surface area contributed by atoms with Gasteiger partial charge in [-0.2, -0.15) is 0 Å². The summed E-state index contributed by atoms with van der Waals surface area (Å²) in [6.07, 6.45) is 0. The van der Waals surface area contributed by atoms with E-state index in [1.165, 1.54) is 16.8 Å². The highest BCUT2D eigenvalue weighted by molar-refractivity contribution is 5.54. The molecule has 2 rings (SSSR count). The zero-order valence-electron chi connectivity index (χ0n) is 11.9. The molecule has 18 heavy (non-hydrogen) atoms. The summed E-state index contributed by atoms with van der Waals surface area (Å²) < 4.78 is 5.51. The smallest absolute Gasteiger partial charge is 0.0624 e. The average molecular weight is 248 g/mol. The Kier molecular flexibility index (Phi) is 3.64. The second-order valence-corrected chi connectivity index (χ2v) is 5.92. The fourth-order valence-electron chi connectivity index (χ4n) is 2.75. The van der Waals surface area contributed by atoms with Crippen LogP contribution in [0.4, 0.5) is 5.69 Å². The second kappa shape index (κ2) is 4.90. The number of benzene rings is 1. The molecule has 2 atom stereocenters. The number of nitrogens with two attached hydrogens (primary N) is 1. The molecule has 1 aromatic carbocycles. The number of aryl methyl sites for hydroxylation is 2. The summed E-state index contributed by atoms with van der Waals surface area (Å²) in [6.45, 7) is 8.86. The number of anilines is 1. The van der Waals surface area contributed by atoms with Crippen LogP contribution in [0.1, 0.15) is 18.1 Å². The zero-order valence-corrected chi connectivity index (χ0v) is 11.9. The van der Waals surface area contributed by atoms with Crippen LogP contribution < -0.4 is 10.6 Å². The third-order valence-electron chi connectivity index (χ3n) is 3.99. The molecule has 0 spiro atoms. The normalized spacial score (nSPS) is 27.5. The molecule has 3 nitrogen and oxygen atoms in total. The van der Waals surface area contributed by atoms with E-state index >= 15 is 0 Å². The van der Waals surface area contributed by atoms with Gasteiger partial charge in [-0.15, -0.1) is 0 Å². The molecule has 1 saturated heterocycles. The highest BCUT2D eigenvalue weighted by Gasteiger charge is 2.38. The molecule has 100 valence electrons. The lowest BCUT2D eigenvalue weighted by Gasteiger charge is -2.33. The molecule has 0 saturated carbocycles. The van der Waals surface area contributed by atoms with E-state index in [9.17, 15) is 0 Å². The second-order valence-electron chi connectivity index (χ2n) is 5.92. The molecule has 0 aromatic heterocycles. The maximum Gasteiger partial charge on any atom is 0.0624 e. The van der Waals surface area contributed by atoms with Crippen molar-refractivity contribution in [1.29, 1.82) is 0 Å². The first-order chi connectivity index (χ1) is 8.42. The van der Waals surface area contributed by atoms with Crippen molar-refractivity contribution in [3.63, 3.8) is 0 Å². The molecule has 3 heteroatoms. The van der Waals surface area contributed by atoms with Crippen LogP contribution in [0.2, 0.25) is 0 Å². The van der Waals surface area contributed by atoms with Gasteiger partial charge in [0.25, 0.3) is 0 Å². The van der Waals surface area contributed by atoms with E-state index in [0.29, 0.717) is 6.61 Å². The lowest BCUT2D eigenvalue weighted by atomic mass is 9.85. The Labute approximate surface area is 110 Å². The molecular formula is C15H24N2O. The van der Waals surface area contributed by atoms with Gasteiger partial charge < -0.3 is 15.4 Å². The SMILES string of the molecule is Cc1ccc(N(C)CC2(C)COCC2N)c(C)c1. The Morgan fingerprint density at radius 2 is 2.17 bits per heavy atom. The predicted molar refractivity (Wildman–Crippen MR) is 76.1 cm³/mol. The first-order valence-electron chi connectivity index (χ1n) is 6.54. The van der Waals surface area contributed by atoms with E-state index in [1.807, 2.05) is 0 Å². The van der Waals surface area contributed by atoms with Crippen molar-refractivity contribution in [2.24, 2.45) is 11.1 Å². The Morgan fingerprint density at radius 1 is 1.44 bits per heavy atom. The zero-order chi connectivity index (χ0) is 13.3. The van der Waals surface area contributed by atoms with Gasteiger partial charge in [0, 0.05) is 30.7 Å². The summed E-state index contributed by atoms with van der Waals surface area (Å²) >= 11 is 0. The number of hydrogen-bond acceptors (Lipinski definition) is 3. The van der Waals surface area contributed by atoms with E-state index in [1.54, 1.807) is 0 Å². The van der Waals surface area contributed by atoms with Gasteiger partial charge >= 0.3 is 0 Å². The van der Waals surface area contributed by atoms with E-state index in [2.05, 4.69) is 50.9 Å². The summed E-state index contributed by atoms with van der Waals surface area (Å²) in [5.74, 6) is 0. The van der Waals surface area contributed by atoms with E-state index in [4.69, 9.17) is 10.5 Å². The van der Waals surface area contributed by atoms with Gasteiger partial charge in [0.1, 0.15) is 0 Å². The van der Waals surface area contributed by atoms with Crippen LogP contribution in [0.25, 0.3) is 0 Å².